The third-order valence-corrected chi connectivity index (χ3v) is 4.13. The summed E-state index contributed by atoms with van der Waals surface area (Å²) in [4.78, 5) is 29.3. The number of nitrogens with zero attached hydrogens (tertiary/aromatic N) is 2. The van der Waals surface area contributed by atoms with E-state index in [1.54, 1.807) is 0 Å². The topological polar surface area (TPSA) is 74.3 Å². The molecule has 0 saturated carbocycles. The summed E-state index contributed by atoms with van der Waals surface area (Å²) in [7, 11) is 0. The zero-order chi connectivity index (χ0) is 15.4. The number of thiazole rings is 1. The number of nitrogens with one attached hydrogen (secondary N) is 2. The van der Waals surface area contributed by atoms with E-state index in [-0.39, 0.29) is 18.5 Å². The predicted octanol–water partition coefficient (Wildman–Crippen LogP) is 1.70. The second-order valence-corrected chi connectivity index (χ2v) is 5.87. The van der Waals surface area contributed by atoms with Gasteiger partial charge in [0.2, 0.25) is 5.91 Å². The molecule has 2 heterocycles. The average molecular weight is 316 g/mol. The van der Waals surface area contributed by atoms with Crippen LogP contribution in [-0.2, 0) is 11.2 Å². The van der Waals surface area contributed by atoms with Gasteiger partial charge in [0.05, 0.1) is 5.69 Å². The first-order valence-corrected chi connectivity index (χ1v) is 7.89. The molecular weight excluding hydrogens is 300 g/mol. The van der Waals surface area contributed by atoms with Crippen LogP contribution in [0.15, 0.2) is 35.7 Å². The molecule has 0 aliphatic carbocycles. The summed E-state index contributed by atoms with van der Waals surface area (Å²) >= 11 is 1.39. The molecule has 0 spiro atoms. The van der Waals surface area contributed by atoms with Crippen molar-refractivity contribution < 1.29 is 9.59 Å². The molecule has 1 aliphatic heterocycles. The van der Waals surface area contributed by atoms with Crippen LogP contribution in [0.2, 0.25) is 0 Å². The number of piperazine rings is 1. The van der Waals surface area contributed by atoms with Crippen molar-refractivity contribution in [1.82, 2.24) is 15.2 Å². The summed E-state index contributed by atoms with van der Waals surface area (Å²) in [6.45, 7) is 1.09. The van der Waals surface area contributed by atoms with Crippen molar-refractivity contribution in [2.45, 2.75) is 6.42 Å². The van der Waals surface area contributed by atoms with Gasteiger partial charge in [-0.2, -0.15) is 0 Å². The molecule has 3 amide bonds. The van der Waals surface area contributed by atoms with Crippen molar-refractivity contribution in [3.63, 3.8) is 0 Å². The summed E-state index contributed by atoms with van der Waals surface area (Å²) < 4.78 is 0. The van der Waals surface area contributed by atoms with E-state index in [0.717, 1.165) is 12.1 Å². The number of urea groups is 1. The van der Waals surface area contributed by atoms with Gasteiger partial charge in [-0.15, -0.1) is 11.3 Å². The predicted molar refractivity (Wildman–Crippen MR) is 85.0 cm³/mol. The Balaban J connectivity index is 1.59. The second-order valence-electron chi connectivity index (χ2n) is 5.01. The van der Waals surface area contributed by atoms with Crippen molar-refractivity contribution in [2.75, 3.05) is 25.0 Å². The highest BCUT2D eigenvalue weighted by atomic mass is 32.1. The van der Waals surface area contributed by atoms with Crippen molar-refractivity contribution in [2.24, 2.45) is 0 Å². The number of rotatable bonds is 3. The Bertz CT molecular complexity index is 671. The van der Waals surface area contributed by atoms with Gasteiger partial charge in [0.15, 0.2) is 5.13 Å². The van der Waals surface area contributed by atoms with Gasteiger partial charge in [-0.25, -0.2) is 9.78 Å². The number of benzene rings is 1. The van der Waals surface area contributed by atoms with E-state index in [1.807, 2.05) is 35.7 Å². The summed E-state index contributed by atoms with van der Waals surface area (Å²) in [5, 5.41) is 7.93. The minimum atomic E-state index is -0.282. The Labute approximate surface area is 132 Å². The van der Waals surface area contributed by atoms with Crippen LogP contribution >= 0.6 is 11.3 Å². The molecule has 3 rings (SSSR count). The smallest absolute Gasteiger partial charge is 0.324 e. The number of aromatic nitrogens is 1. The number of hydrogen-bond donors (Lipinski definition) is 2. The first-order chi connectivity index (χ1) is 10.7. The van der Waals surface area contributed by atoms with Crippen LogP contribution in [0.25, 0.3) is 0 Å². The third-order valence-electron chi connectivity index (χ3n) is 3.32. The molecule has 6 nitrogen and oxygen atoms in total. The third kappa shape index (κ3) is 3.62. The summed E-state index contributed by atoms with van der Waals surface area (Å²) in [6, 6.07) is 9.77. The Morgan fingerprint density at radius 1 is 1.36 bits per heavy atom. The number of hydrogen-bond acceptors (Lipinski definition) is 4. The molecule has 0 radical (unpaired) electrons. The Kier molecular flexibility index (Phi) is 4.34. The first-order valence-electron chi connectivity index (χ1n) is 7.01. The van der Waals surface area contributed by atoms with Crippen LogP contribution in [0.4, 0.5) is 9.93 Å². The van der Waals surface area contributed by atoms with Gasteiger partial charge >= 0.3 is 6.03 Å². The van der Waals surface area contributed by atoms with Crippen molar-refractivity contribution >= 4 is 28.4 Å². The average Bonchev–Trinajstić information content (AvgIpc) is 2.95. The van der Waals surface area contributed by atoms with Gasteiger partial charge in [-0.3, -0.25) is 10.1 Å². The van der Waals surface area contributed by atoms with Crippen molar-refractivity contribution in [3.05, 3.63) is 47.0 Å². The molecule has 1 fully saturated rings. The molecule has 0 atom stereocenters. The molecule has 2 aromatic rings. The number of amides is 3. The minimum Gasteiger partial charge on any atom is -0.353 e. The van der Waals surface area contributed by atoms with Gasteiger partial charge in [0.1, 0.15) is 6.54 Å². The van der Waals surface area contributed by atoms with Gasteiger partial charge in [-0.1, -0.05) is 30.3 Å². The standard InChI is InChI=1S/C15H16N4O2S/c20-13-9-19(7-6-16-13)15(21)18-14-17-12(10-22-14)8-11-4-2-1-3-5-11/h1-5,10H,6-9H2,(H,16,20)(H,17,18,21). The summed E-state index contributed by atoms with van der Waals surface area (Å²) in [5.74, 6) is -0.134. The Morgan fingerprint density at radius 2 is 2.18 bits per heavy atom. The van der Waals surface area contributed by atoms with Crippen LogP contribution in [0.1, 0.15) is 11.3 Å². The van der Waals surface area contributed by atoms with Gasteiger partial charge in [0, 0.05) is 24.9 Å². The van der Waals surface area contributed by atoms with Crippen LogP contribution < -0.4 is 10.6 Å². The zero-order valence-corrected chi connectivity index (χ0v) is 12.7. The van der Waals surface area contributed by atoms with E-state index in [1.165, 1.54) is 21.8 Å². The fourth-order valence-corrected chi connectivity index (χ4v) is 2.93. The monoisotopic (exact) mass is 316 g/mol. The molecule has 1 aliphatic rings. The minimum absolute atomic E-state index is 0.0914. The fraction of sp³-hybridized carbons (Fsp3) is 0.267. The van der Waals surface area contributed by atoms with Crippen LogP contribution in [0, 0.1) is 0 Å². The maximum absolute atomic E-state index is 12.1. The molecule has 2 N–H and O–H groups in total. The van der Waals surface area contributed by atoms with E-state index < -0.39 is 0 Å². The highest BCUT2D eigenvalue weighted by Crippen LogP contribution is 2.18. The SMILES string of the molecule is O=C1CN(C(=O)Nc2nc(Cc3ccccc3)cs2)CCN1. The maximum atomic E-state index is 12.1. The highest BCUT2D eigenvalue weighted by Gasteiger charge is 2.21. The lowest BCUT2D eigenvalue weighted by atomic mass is 10.1. The normalized spacial score (nSPS) is 14.5. The van der Waals surface area contributed by atoms with E-state index in [0.29, 0.717) is 18.2 Å². The van der Waals surface area contributed by atoms with Crippen molar-refractivity contribution in [3.8, 4) is 0 Å². The molecule has 0 bridgehead atoms. The van der Waals surface area contributed by atoms with Crippen LogP contribution in [0.3, 0.4) is 0 Å². The molecule has 7 heteroatoms. The van der Waals surface area contributed by atoms with E-state index in [4.69, 9.17) is 0 Å². The summed E-state index contributed by atoms with van der Waals surface area (Å²) in [6.07, 6.45) is 0.735. The van der Waals surface area contributed by atoms with E-state index in [2.05, 4.69) is 15.6 Å². The van der Waals surface area contributed by atoms with Gasteiger partial charge in [-0.05, 0) is 5.56 Å². The molecule has 1 aromatic heterocycles. The quantitative estimate of drug-likeness (QED) is 0.905. The summed E-state index contributed by atoms with van der Waals surface area (Å²) in [5.41, 5.74) is 2.10. The largest absolute Gasteiger partial charge is 0.353 e. The fourth-order valence-electron chi connectivity index (χ4n) is 2.23. The highest BCUT2D eigenvalue weighted by molar-refractivity contribution is 7.13. The van der Waals surface area contributed by atoms with Crippen LogP contribution in [-0.4, -0.2) is 41.5 Å². The Morgan fingerprint density at radius 3 is 2.95 bits per heavy atom. The second kappa shape index (κ2) is 6.57. The van der Waals surface area contributed by atoms with Gasteiger partial charge in [0.25, 0.3) is 0 Å². The molecule has 22 heavy (non-hydrogen) atoms. The lowest BCUT2D eigenvalue weighted by molar-refractivity contribution is -0.123. The number of carbonyl (C=O) groups excluding carboxylic acids is 2. The Hall–Kier alpha value is -2.41. The van der Waals surface area contributed by atoms with E-state index >= 15 is 0 Å². The molecule has 1 aromatic carbocycles. The molecular formula is C15H16N4O2S. The lowest BCUT2D eigenvalue weighted by Gasteiger charge is -2.26. The molecule has 0 unspecified atom stereocenters. The zero-order valence-electron chi connectivity index (χ0n) is 11.9. The molecule has 1 saturated heterocycles. The van der Waals surface area contributed by atoms with Gasteiger partial charge < -0.3 is 10.2 Å². The number of anilines is 1. The van der Waals surface area contributed by atoms with E-state index in [9.17, 15) is 9.59 Å². The number of carbonyl (C=O) groups is 2. The molecule has 114 valence electrons. The first kappa shape index (κ1) is 14.5. The van der Waals surface area contributed by atoms with Crippen LogP contribution in [0.5, 0.6) is 0 Å². The maximum Gasteiger partial charge on any atom is 0.324 e. The van der Waals surface area contributed by atoms with Crippen molar-refractivity contribution in [1.29, 1.82) is 0 Å². The lowest BCUT2D eigenvalue weighted by Crippen LogP contribution is -2.51.